The monoisotopic (exact) mass is 278 g/mol. The van der Waals surface area contributed by atoms with Crippen LogP contribution < -0.4 is 5.73 Å². The summed E-state index contributed by atoms with van der Waals surface area (Å²) in [5, 5.41) is 0. The number of amides is 1. The van der Waals surface area contributed by atoms with Gasteiger partial charge in [-0.05, 0) is 45.4 Å². The molecule has 0 aromatic heterocycles. The summed E-state index contributed by atoms with van der Waals surface area (Å²) in [4.78, 5) is 25.7. The summed E-state index contributed by atoms with van der Waals surface area (Å²) in [6, 6.07) is 5.09. The van der Waals surface area contributed by atoms with E-state index in [1.807, 2.05) is 13.8 Å². The lowest BCUT2D eigenvalue weighted by Crippen LogP contribution is -2.41. The number of hydrogen-bond donors (Lipinski definition) is 1. The van der Waals surface area contributed by atoms with Crippen LogP contribution in [0.3, 0.4) is 0 Å². The summed E-state index contributed by atoms with van der Waals surface area (Å²) in [6.07, 6.45) is 0. The van der Waals surface area contributed by atoms with Gasteiger partial charge in [0, 0.05) is 17.3 Å². The number of ether oxygens (including phenoxy) is 1. The smallest absolute Gasteiger partial charge is 0.325 e. The first-order valence-electron chi connectivity index (χ1n) is 6.70. The molecule has 0 spiro atoms. The molecule has 110 valence electrons. The van der Waals surface area contributed by atoms with Crippen molar-refractivity contribution < 1.29 is 14.3 Å². The van der Waals surface area contributed by atoms with Crippen LogP contribution in [-0.4, -0.2) is 36.0 Å². The van der Waals surface area contributed by atoms with E-state index < -0.39 is 5.97 Å². The van der Waals surface area contributed by atoms with Crippen LogP contribution in [0.1, 0.15) is 36.7 Å². The summed E-state index contributed by atoms with van der Waals surface area (Å²) in [7, 11) is 0. The number of carbonyl (C=O) groups excluding carboxylic acids is 2. The molecule has 5 heteroatoms. The molecule has 5 nitrogen and oxygen atoms in total. The Balaban J connectivity index is 3.00. The number of esters is 1. The van der Waals surface area contributed by atoms with Crippen molar-refractivity contribution in [1.29, 1.82) is 0 Å². The molecule has 1 amide bonds. The van der Waals surface area contributed by atoms with E-state index in [9.17, 15) is 9.59 Å². The molecule has 0 aliphatic heterocycles. The van der Waals surface area contributed by atoms with E-state index >= 15 is 0 Å². The number of carbonyl (C=O) groups is 2. The highest BCUT2D eigenvalue weighted by atomic mass is 16.5. The molecule has 0 unspecified atom stereocenters. The molecular formula is C15H22N2O3. The number of nitrogens with zero attached hydrogens (tertiary/aromatic N) is 1. The van der Waals surface area contributed by atoms with E-state index in [0.29, 0.717) is 17.9 Å². The van der Waals surface area contributed by atoms with Crippen LogP contribution in [0.25, 0.3) is 0 Å². The molecule has 1 aromatic rings. The van der Waals surface area contributed by atoms with Crippen LogP contribution in [0.2, 0.25) is 0 Å². The molecule has 1 rings (SSSR count). The third-order valence-electron chi connectivity index (χ3n) is 3.10. The molecule has 2 N–H and O–H groups in total. The van der Waals surface area contributed by atoms with Crippen molar-refractivity contribution in [2.45, 2.75) is 33.7 Å². The Morgan fingerprint density at radius 1 is 1.35 bits per heavy atom. The van der Waals surface area contributed by atoms with Crippen LogP contribution in [0.15, 0.2) is 18.2 Å². The number of rotatable bonds is 5. The summed E-state index contributed by atoms with van der Waals surface area (Å²) in [5.74, 6) is -0.617. The predicted molar refractivity (Wildman–Crippen MR) is 78.4 cm³/mol. The maximum Gasteiger partial charge on any atom is 0.325 e. The Labute approximate surface area is 119 Å². The molecule has 0 heterocycles. The highest BCUT2D eigenvalue weighted by Crippen LogP contribution is 2.18. The van der Waals surface area contributed by atoms with Crippen molar-refractivity contribution >= 4 is 17.6 Å². The van der Waals surface area contributed by atoms with E-state index in [2.05, 4.69) is 0 Å². The third-order valence-corrected chi connectivity index (χ3v) is 3.10. The van der Waals surface area contributed by atoms with Crippen molar-refractivity contribution in [2.24, 2.45) is 0 Å². The molecule has 0 bridgehead atoms. The quantitative estimate of drug-likeness (QED) is 0.660. The minimum Gasteiger partial charge on any atom is -0.465 e. The number of anilines is 1. The van der Waals surface area contributed by atoms with E-state index in [1.165, 1.54) is 4.90 Å². The molecule has 0 saturated carbocycles. The van der Waals surface area contributed by atoms with Gasteiger partial charge in [-0.2, -0.15) is 0 Å². The maximum atomic E-state index is 12.6. The van der Waals surface area contributed by atoms with Crippen molar-refractivity contribution in [3.63, 3.8) is 0 Å². The van der Waals surface area contributed by atoms with Crippen LogP contribution in [0, 0.1) is 6.92 Å². The lowest BCUT2D eigenvalue weighted by atomic mass is 10.1. The highest BCUT2D eigenvalue weighted by molar-refractivity contribution is 5.98. The zero-order valence-corrected chi connectivity index (χ0v) is 12.5. The normalized spacial score (nSPS) is 10.4. The molecule has 0 aliphatic rings. The van der Waals surface area contributed by atoms with E-state index in [0.717, 1.165) is 5.56 Å². The second-order valence-electron chi connectivity index (χ2n) is 4.85. The van der Waals surface area contributed by atoms with Crippen molar-refractivity contribution in [3.05, 3.63) is 29.3 Å². The Hall–Kier alpha value is -2.04. The average molecular weight is 278 g/mol. The van der Waals surface area contributed by atoms with Gasteiger partial charge in [0.05, 0.1) is 6.61 Å². The second kappa shape index (κ2) is 6.93. The molecule has 0 fully saturated rings. The van der Waals surface area contributed by atoms with Crippen LogP contribution in [-0.2, 0) is 9.53 Å². The minimum absolute atomic E-state index is 0.0570. The van der Waals surface area contributed by atoms with E-state index in [1.54, 1.807) is 32.0 Å². The van der Waals surface area contributed by atoms with E-state index in [4.69, 9.17) is 10.5 Å². The van der Waals surface area contributed by atoms with Gasteiger partial charge >= 0.3 is 5.97 Å². The molecule has 1 aromatic carbocycles. The van der Waals surface area contributed by atoms with Gasteiger partial charge in [-0.15, -0.1) is 0 Å². The van der Waals surface area contributed by atoms with Crippen molar-refractivity contribution in [1.82, 2.24) is 4.90 Å². The topological polar surface area (TPSA) is 72.6 Å². The highest BCUT2D eigenvalue weighted by Gasteiger charge is 2.23. The van der Waals surface area contributed by atoms with Gasteiger partial charge in [0.1, 0.15) is 6.54 Å². The molecule has 0 radical (unpaired) electrons. The lowest BCUT2D eigenvalue weighted by molar-refractivity contribution is -0.144. The van der Waals surface area contributed by atoms with Crippen LogP contribution >= 0.6 is 0 Å². The summed E-state index contributed by atoms with van der Waals surface area (Å²) >= 11 is 0. The first kappa shape index (κ1) is 16.0. The molecule has 20 heavy (non-hydrogen) atoms. The minimum atomic E-state index is -0.406. The molecule has 0 atom stereocenters. The van der Waals surface area contributed by atoms with Gasteiger partial charge < -0.3 is 15.4 Å². The van der Waals surface area contributed by atoms with Gasteiger partial charge in [-0.25, -0.2) is 0 Å². The zero-order valence-electron chi connectivity index (χ0n) is 12.5. The first-order chi connectivity index (χ1) is 9.38. The Kier molecular flexibility index (Phi) is 5.55. The maximum absolute atomic E-state index is 12.6. The Morgan fingerprint density at radius 3 is 2.55 bits per heavy atom. The number of hydrogen-bond acceptors (Lipinski definition) is 4. The molecule has 0 aliphatic carbocycles. The van der Waals surface area contributed by atoms with Gasteiger partial charge in [-0.3, -0.25) is 9.59 Å². The SMILES string of the molecule is CCOC(=O)CN(C(=O)c1cccc(N)c1C)C(C)C. The molecule has 0 saturated heterocycles. The Morgan fingerprint density at radius 2 is 2.00 bits per heavy atom. The van der Waals surface area contributed by atoms with Crippen molar-refractivity contribution in [3.8, 4) is 0 Å². The van der Waals surface area contributed by atoms with E-state index in [-0.39, 0.29) is 18.5 Å². The van der Waals surface area contributed by atoms with Gasteiger partial charge in [-0.1, -0.05) is 6.07 Å². The van der Waals surface area contributed by atoms with Crippen LogP contribution in [0.4, 0.5) is 5.69 Å². The number of nitrogen functional groups attached to an aromatic ring is 1. The average Bonchev–Trinajstić information content (AvgIpc) is 2.38. The lowest BCUT2D eigenvalue weighted by Gasteiger charge is -2.26. The summed E-state index contributed by atoms with van der Waals surface area (Å²) < 4.78 is 4.91. The fourth-order valence-corrected chi connectivity index (χ4v) is 1.87. The Bertz CT molecular complexity index is 498. The fourth-order valence-electron chi connectivity index (χ4n) is 1.87. The first-order valence-corrected chi connectivity index (χ1v) is 6.70. The fraction of sp³-hybridized carbons (Fsp3) is 0.467. The third kappa shape index (κ3) is 3.73. The van der Waals surface area contributed by atoms with Crippen LogP contribution in [0.5, 0.6) is 0 Å². The zero-order chi connectivity index (χ0) is 15.3. The standard InChI is InChI=1S/C15H22N2O3/c1-5-20-14(18)9-17(10(2)3)15(19)12-7-6-8-13(16)11(12)4/h6-8,10H,5,9,16H2,1-4H3. The number of nitrogens with two attached hydrogens (primary N) is 1. The summed E-state index contributed by atoms with van der Waals surface area (Å²) in [5.41, 5.74) is 7.63. The number of benzene rings is 1. The molecular weight excluding hydrogens is 256 g/mol. The van der Waals surface area contributed by atoms with Gasteiger partial charge in [0.2, 0.25) is 0 Å². The predicted octanol–water partition coefficient (Wildman–Crippen LogP) is 1.99. The largest absolute Gasteiger partial charge is 0.465 e. The van der Waals surface area contributed by atoms with Crippen molar-refractivity contribution in [2.75, 3.05) is 18.9 Å². The summed E-state index contributed by atoms with van der Waals surface area (Å²) in [6.45, 7) is 7.50. The van der Waals surface area contributed by atoms with Gasteiger partial charge in [0.15, 0.2) is 0 Å². The second-order valence-corrected chi connectivity index (χ2v) is 4.85. The van der Waals surface area contributed by atoms with Gasteiger partial charge in [0.25, 0.3) is 5.91 Å².